The molecule has 0 unspecified atom stereocenters. The minimum atomic E-state index is -4.69. The van der Waals surface area contributed by atoms with Gasteiger partial charge in [-0.15, -0.1) is 10.2 Å². The fourth-order valence-electron chi connectivity index (χ4n) is 1.97. The monoisotopic (exact) mass is 368 g/mol. The zero-order valence-electron chi connectivity index (χ0n) is 13.3. The average molecular weight is 368 g/mol. The molecule has 3 rings (SSSR count). The predicted octanol–water partition coefficient (Wildman–Crippen LogP) is 1.97. The average Bonchev–Trinajstić information content (AvgIpc) is 3.25. The fourth-order valence-corrected chi connectivity index (χ4v) is 1.97. The number of alkyl halides is 3. The number of esters is 1. The van der Waals surface area contributed by atoms with Crippen molar-refractivity contribution in [1.82, 2.24) is 30.3 Å². The molecule has 0 aliphatic carbocycles. The van der Waals surface area contributed by atoms with Crippen LogP contribution in [0.5, 0.6) is 0 Å². The van der Waals surface area contributed by atoms with E-state index < -0.39 is 18.0 Å². The lowest BCUT2D eigenvalue weighted by molar-refractivity contribution is -0.159. The van der Waals surface area contributed by atoms with Crippen molar-refractivity contribution < 1.29 is 27.2 Å². The minimum Gasteiger partial charge on any atom is -0.460 e. The van der Waals surface area contributed by atoms with Crippen LogP contribution in [0.1, 0.15) is 29.0 Å². The van der Waals surface area contributed by atoms with Gasteiger partial charge in [0, 0.05) is 5.56 Å². The van der Waals surface area contributed by atoms with Gasteiger partial charge < -0.3 is 9.26 Å². The van der Waals surface area contributed by atoms with Crippen LogP contribution in [0.25, 0.3) is 11.4 Å². The second-order valence-corrected chi connectivity index (χ2v) is 4.98. The molecule has 2 aromatic heterocycles. The normalized spacial score (nSPS) is 11.5. The van der Waals surface area contributed by atoms with Crippen molar-refractivity contribution in [3.8, 4) is 11.4 Å². The number of carbonyl (C=O) groups excluding carboxylic acids is 1. The molecule has 0 amide bonds. The molecule has 136 valence electrons. The Morgan fingerprint density at radius 1 is 1.27 bits per heavy atom. The van der Waals surface area contributed by atoms with E-state index in [9.17, 15) is 18.0 Å². The third kappa shape index (κ3) is 3.84. The minimum absolute atomic E-state index is 0.157. The molecule has 0 saturated heterocycles. The Hall–Kier alpha value is -3.31. The van der Waals surface area contributed by atoms with E-state index in [1.54, 1.807) is 19.1 Å². The zero-order valence-corrected chi connectivity index (χ0v) is 13.3. The van der Waals surface area contributed by atoms with Crippen LogP contribution in [0.15, 0.2) is 28.8 Å². The molecule has 0 N–H and O–H groups in total. The topological polar surface area (TPSA) is 109 Å². The van der Waals surface area contributed by atoms with Crippen molar-refractivity contribution in [1.29, 1.82) is 0 Å². The van der Waals surface area contributed by atoms with E-state index in [4.69, 9.17) is 4.74 Å². The van der Waals surface area contributed by atoms with Gasteiger partial charge in [-0.25, -0.2) is 4.79 Å². The first-order valence-corrected chi connectivity index (χ1v) is 7.32. The maximum absolute atomic E-state index is 12.5. The Morgan fingerprint density at radius 3 is 2.62 bits per heavy atom. The van der Waals surface area contributed by atoms with E-state index in [1.165, 1.54) is 16.9 Å². The van der Waals surface area contributed by atoms with E-state index in [2.05, 4.69) is 30.1 Å². The Morgan fingerprint density at radius 2 is 2.00 bits per heavy atom. The van der Waals surface area contributed by atoms with Crippen LogP contribution in [-0.4, -0.2) is 42.9 Å². The van der Waals surface area contributed by atoms with Crippen molar-refractivity contribution in [3.63, 3.8) is 0 Å². The quantitative estimate of drug-likeness (QED) is 0.629. The molecular formula is C14H11F3N6O3. The fraction of sp³-hybridized carbons (Fsp3) is 0.286. The maximum atomic E-state index is 12.5. The van der Waals surface area contributed by atoms with Crippen LogP contribution >= 0.6 is 0 Å². The molecule has 9 nitrogen and oxygen atoms in total. The van der Waals surface area contributed by atoms with Gasteiger partial charge in [0.05, 0.1) is 13.2 Å². The summed E-state index contributed by atoms with van der Waals surface area (Å²) in [6.07, 6.45) is -4.69. The van der Waals surface area contributed by atoms with Crippen LogP contribution in [0.2, 0.25) is 0 Å². The van der Waals surface area contributed by atoms with Crippen LogP contribution in [0, 0.1) is 0 Å². The molecular weight excluding hydrogens is 357 g/mol. The Balaban J connectivity index is 1.70. The third-order valence-electron chi connectivity index (χ3n) is 3.12. The Labute approximate surface area is 143 Å². The number of ether oxygens (including phenoxy) is 1. The third-order valence-corrected chi connectivity index (χ3v) is 3.12. The van der Waals surface area contributed by atoms with Gasteiger partial charge in [0.15, 0.2) is 0 Å². The lowest BCUT2D eigenvalue weighted by Crippen LogP contribution is -2.08. The highest BCUT2D eigenvalue weighted by Gasteiger charge is 2.38. The van der Waals surface area contributed by atoms with Gasteiger partial charge in [-0.05, 0) is 17.7 Å². The molecule has 26 heavy (non-hydrogen) atoms. The van der Waals surface area contributed by atoms with E-state index in [1.807, 2.05) is 0 Å². The van der Waals surface area contributed by atoms with Crippen molar-refractivity contribution in [2.24, 2.45) is 0 Å². The van der Waals surface area contributed by atoms with Gasteiger partial charge in [-0.2, -0.15) is 23.0 Å². The molecule has 0 fully saturated rings. The summed E-state index contributed by atoms with van der Waals surface area (Å²) in [4.78, 5) is 16.0. The number of nitrogens with zero attached hydrogens (tertiary/aromatic N) is 6. The van der Waals surface area contributed by atoms with Gasteiger partial charge in [0.1, 0.15) is 0 Å². The number of benzene rings is 1. The standard InChI is InChI=1S/C14H11F3N6O3/c1-2-25-12(24)11-19-22-23(20-11)7-8-3-5-9(6-4-8)10-18-13(26-21-10)14(15,16)17/h3-6H,2,7H2,1H3. The maximum Gasteiger partial charge on any atom is 0.471 e. The van der Waals surface area contributed by atoms with Crippen molar-refractivity contribution in [2.75, 3.05) is 6.61 Å². The number of rotatable bonds is 5. The molecule has 0 saturated carbocycles. The molecule has 3 aromatic rings. The summed E-state index contributed by atoms with van der Waals surface area (Å²) in [7, 11) is 0. The molecule has 0 bridgehead atoms. The van der Waals surface area contributed by atoms with Crippen molar-refractivity contribution in [3.05, 3.63) is 41.5 Å². The van der Waals surface area contributed by atoms with Crippen molar-refractivity contribution in [2.45, 2.75) is 19.6 Å². The summed E-state index contributed by atoms with van der Waals surface area (Å²) in [5.74, 6) is -2.41. The second-order valence-electron chi connectivity index (χ2n) is 4.98. The van der Waals surface area contributed by atoms with E-state index >= 15 is 0 Å². The van der Waals surface area contributed by atoms with Crippen LogP contribution in [0.3, 0.4) is 0 Å². The number of aromatic nitrogens is 6. The Kier molecular flexibility index (Phi) is 4.65. The SMILES string of the molecule is CCOC(=O)c1nnn(Cc2ccc(-c3noc(C(F)(F)F)n3)cc2)n1. The predicted molar refractivity (Wildman–Crippen MR) is 77.6 cm³/mol. The smallest absolute Gasteiger partial charge is 0.460 e. The van der Waals surface area contributed by atoms with E-state index in [-0.39, 0.29) is 24.8 Å². The first-order chi connectivity index (χ1) is 12.4. The van der Waals surface area contributed by atoms with E-state index in [0.717, 1.165) is 5.56 Å². The zero-order chi connectivity index (χ0) is 18.7. The molecule has 2 heterocycles. The largest absolute Gasteiger partial charge is 0.471 e. The lowest BCUT2D eigenvalue weighted by Gasteiger charge is -2.01. The molecule has 0 aliphatic heterocycles. The highest BCUT2D eigenvalue weighted by Crippen LogP contribution is 2.29. The number of hydrogen-bond acceptors (Lipinski definition) is 8. The van der Waals surface area contributed by atoms with Crippen LogP contribution in [-0.2, 0) is 17.5 Å². The van der Waals surface area contributed by atoms with Gasteiger partial charge >= 0.3 is 18.0 Å². The van der Waals surface area contributed by atoms with Gasteiger partial charge in [-0.3, -0.25) is 0 Å². The summed E-state index contributed by atoms with van der Waals surface area (Å²) in [5.41, 5.74) is 1.08. The van der Waals surface area contributed by atoms with E-state index in [0.29, 0.717) is 5.56 Å². The van der Waals surface area contributed by atoms with Gasteiger partial charge in [0.25, 0.3) is 5.82 Å². The lowest BCUT2D eigenvalue weighted by atomic mass is 10.1. The number of tetrazole rings is 1. The molecule has 0 atom stereocenters. The first-order valence-electron chi connectivity index (χ1n) is 7.32. The summed E-state index contributed by atoms with van der Waals surface area (Å²) in [6, 6.07) is 6.33. The molecule has 0 radical (unpaired) electrons. The first kappa shape index (κ1) is 17.5. The number of hydrogen-bond donors (Lipinski definition) is 0. The summed E-state index contributed by atoms with van der Waals surface area (Å²) >= 11 is 0. The van der Waals surface area contributed by atoms with Gasteiger partial charge in [0.2, 0.25) is 5.82 Å². The molecule has 0 spiro atoms. The molecule has 0 aliphatic rings. The molecule has 1 aromatic carbocycles. The summed E-state index contributed by atoms with van der Waals surface area (Å²) in [6.45, 7) is 2.05. The molecule has 12 heteroatoms. The second kappa shape index (κ2) is 6.90. The van der Waals surface area contributed by atoms with Crippen molar-refractivity contribution >= 4 is 5.97 Å². The van der Waals surface area contributed by atoms with Gasteiger partial charge in [-0.1, -0.05) is 29.4 Å². The summed E-state index contributed by atoms with van der Waals surface area (Å²) < 4.78 is 46.4. The number of halogens is 3. The highest BCUT2D eigenvalue weighted by atomic mass is 19.4. The summed E-state index contributed by atoms with van der Waals surface area (Å²) in [5, 5.41) is 14.5. The Bertz CT molecular complexity index is 903. The highest BCUT2D eigenvalue weighted by molar-refractivity contribution is 5.84. The number of carbonyl (C=O) groups is 1. The van der Waals surface area contributed by atoms with Crippen LogP contribution < -0.4 is 0 Å². The van der Waals surface area contributed by atoms with Crippen LogP contribution in [0.4, 0.5) is 13.2 Å².